The molecular weight excluding hydrogens is 349 g/mol. The number of aliphatic carboxylic acids is 1. The maximum absolute atomic E-state index is 13.8. The van der Waals surface area contributed by atoms with E-state index >= 15 is 0 Å². The van der Waals surface area contributed by atoms with E-state index in [-0.39, 0.29) is 11.9 Å². The Morgan fingerprint density at radius 2 is 2.04 bits per heavy atom. The molecule has 3 rings (SSSR count). The van der Waals surface area contributed by atoms with Gasteiger partial charge in [0.1, 0.15) is 0 Å². The number of aromatic nitrogens is 1. The first kappa shape index (κ1) is 17.0. The fraction of sp³-hybridized carbons (Fsp3) is 0.176. The molecule has 0 saturated heterocycles. The SMILES string of the molecule is COc1ccc(C(=O)n2c(C)c(CC(=O)O)c3cc(O)c(F)cc32)s1. The van der Waals surface area contributed by atoms with Gasteiger partial charge >= 0.3 is 5.97 Å². The molecule has 0 aliphatic carbocycles. The lowest BCUT2D eigenvalue weighted by Gasteiger charge is -2.06. The van der Waals surface area contributed by atoms with Gasteiger partial charge in [0.2, 0.25) is 0 Å². The Hall–Kier alpha value is -2.87. The van der Waals surface area contributed by atoms with Crippen molar-refractivity contribution in [2.24, 2.45) is 0 Å². The maximum Gasteiger partial charge on any atom is 0.307 e. The first-order chi connectivity index (χ1) is 11.8. The molecule has 0 bridgehead atoms. The van der Waals surface area contributed by atoms with Gasteiger partial charge in [-0.1, -0.05) is 11.3 Å². The number of nitrogens with zero attached hydrogens (tertiary/aromatic N) is 1. The highest BCUT2D eigenvalue weighted by molar-refractivity contribution is 7.15. The molecule has 0 aliphatic heterocycles. The number of carboxylic acids is 1. The predicted octanol–water partition coefficient (Wildman–Crippen LogP) is 3.18. The van der Waals surface area contributed by atoms with Crippen LogP contribution in [-0.2, 0) is 11.2 Å². The number of benzene rings is 1. The molecule has 2 N–H and O–H groups in total. The summed E-state index contributed by atoms with van der Waals surface area (Å²) in [5.41, 5.74) is 0.954. The Bertz CT molecular complexity index is 1000. The maximum atomic E-state index is 13.8. The number of phenols is 1. The van der Waals surface area contributed by atoms with Crippen LogP contribution in [0.4, 0.5) is 4.39 Å². The molecule has 0 saturated carbocycles. The number of carbonyl (C=O) groups is 2. The quantitative estimate of drug-likeness (QED) is 0.743. The fourth-order valence-electron chi connectivity index (χ4n) is 2.78. The minimum atomic E-state index is -1.09. The monoisotopic (exact) mass is 363 g/mol. The number of carbonyl (C=O) groups excluding carboxylic acids is 1. The van der Waals surface area contributed by atoms with Gasteiger partial charge in [-0.25, -0.2) is 4.39 Å². The number of fused-ring (bicyclic) bond motifs is 1. The molecule has 0 atom stereocenters. The summed E-state index contributed by atoms with van der Waals surface area (Å²) in [7, 11) is 1.49. The first-order valence-electron chi connectivity index (χ1n) is 7.26. The van der Waals surface area contributed by atoms with Crippen molar-refractivity contribution in [3.63, 3.8) is 0 Å². The van der Waals surface area contributed by atoms with E-state index in [0.29, 0.717) is 26.6 Å². The van der Waals surface area contributed by atoms with Gasteiger partial charge in [0, 0.05) is 17.1 Å². The van der Waals surface area contributed by atoms with Gasteiger partial charge in [-0.2, -0.15) is 0 Å². The van der Waals surface area contributed by atoms with Crippen molar-refractivity contribution in [1.29, 1.82) is 0 Å². The fourth-order valence-corrected chi connectivity index (χ4v) is 3.53. The van der Waals surface area contributed by atoms with Crippen molar-refractivity contribution in [2.75, 3.05) is 7.11 Å². The van der Waals surface area contributed by atoms with Crippen LogP contribution in [0, 0.1) is 12.7 Å². The molecule has 0 unspecified atom stereocenters. The molecule has 2 heterocycles. The van der Waals surface area contributed by atoms with E-state index in [9.17, 15) is 19.1 Å². The van der Waals surface area contributed by atoms with Crippen LogP contribution in [-0.4, -0.2) is 33.8 Å². The summed E-state index contributed by atoms with van der Waals surface area (Å²) in [6.45, 7) is 1.59. The van der Waals surface area contributed by atoms with Gasteiger partial charge in [-0.15, -0.1) is 0 Å². The Morgan fingerprint density at radius 1 is 1.32 bits per heavy atom. The predicted molar refractivity (Wildman–Crippen MR) is 90.2 cm³/mol. The average Bonchev–Trinajstić information content (AvgIpc) is 3.12. The Kier molecular flexibility index (Phi) is 4.22. The third kappa shape index (κ3) is 2.85. The number of hydrogen-bond acceptors (Lipinski definition) is 5. The summed E-state index contributed by atoms with van der Waals surface area (Å²) in [6.07, 6.45) is -0.346. The smallest absolute Gasteiger partial charge is 0.307 e. The standard InChI is InChI=1S/C17H14FNO5S/c1-8-9(6-15(21)22)10-5-13(20)11(18)7-12(10)19(8)17(23)14-3-4-16(24-2)25-14/h3-5,7,20H,6H2,1-2H3,(H,21,22). The molecule has 0 spiro atoms. The number of aromatic hydroxyl groups is 1. The van der Waals surface area contributed by atoms with E-state index in [4.69, 9.17) is 9.84 Å². The Labute approximate surface area is 145 Å². The van der Waals surface area contributed by atoms with Gasteiger partial charge in [0.05, 0.1) is 23.9 Å². The lowest BCUT2D eigenvalue weighted by molar-refractivity contribution is -0.136. The van der Waals surface area contributed by atoms with Crippen LogP contribution in [0.5, 0.6) is 10.8 Å². The molecule has 25 heavy (non-hydrogen) atoms. The molecular formula is C17H14FNO5S. The number of thiophene rings is 1. The van der Waals surface area contributed by atoms with E-state index in [0.717, 1.165) is 23.5 Å². The molecule has 6 nitrogen and oxygen atoms in total. The lowest BCUT2D eigenvalue weighted by Crippen LogP contribution is -2.13. The van der Waals surface area contributed by atoms with Crippen molar-refractivity contribution in [3.8, 4) is 10.8 Å². The highest BCUT2D eigenvalue weighted by Crippen LogP contribution is 2.33. The average molecular weight is 363 g/mol. The zero-order valence-electron chi connectivity index (χ0n) is 13.4. The number of hydrogen-bond donors (Lipinski definition) is 2. The zero-order chi connectivity index (χ0) is 18.3. The molecule has 2 aromatic heterocycles. The van der Waals surface area contributed by atoms with Crippen molar-refractivity contribution in [3.05, 3.63) is 46.2 Å². The summed E-state index contributed by atoms with van der Waals surface area (Å²) in [5, 5.41) is 19.6. The Morgan fingerprint density at radius 3 is 2.64 bits per heavy atom. The van der Waals surface area contributed by atoms with Crippen LogP contribution >= 0.6 is 11.3 Å². The second kappa shape index (κ2) is 6.21. The number of rotatable bonds is 4. The number of phenolic OH excluding ortho intramolecular Hbond substituents is 1. The van der Waals surface area contributed by atoms with Crippen LogP contribution < -0.4 is 4.74 Å². The van der Waals surface area contributed by atoms with E-state index in [1.54, 1.807) is 19.1 Å². The minimum Gasteiger partial charge on any atom is -0.505 e. The van der Waals surface area contributed by atoms with Gasteiger partial charge in [-0.05, 0) is 30.7 Å². The summed E-state index contributed by atoms with van der Waals surface area (Å²) >= 11 is 1.13. The molecule has 0 fully saturated rings. The first-order valence-corrected chi connectivity index (χ1v) is 8.07. The molecule has 3 aromatic rings. The third-order valence-corrected chi connectivity index (χ3v) is 4.96. The van der Waals surface area contributed by atoms with Crippen LogP contribution in [0.3, 0.4) is 0 Å². The number of carboxylic acid groups (broad SMARTS) is 1. The van der Waals surface area contributed by atoms with Gasteiger partial charge < -0.3 is 14.9 Å². The number of halogens is 1. The molecule has 0 amide bonds. The van der Waals surface area contributed by atoms with Crippen molar-refractivity contribution in [1.82, 2.24) is 4.57 Å². The lowest BCUT2D eigenvalue weighted by atomic mass is 10.1. The van der Waals surface area contributed by atoms with E-state index in [1.165, 1.54) is 11.7 Å². The second-order valence-corrected chi connectivity index (χ2v) is 6.46. The molecule has 8 heteroatoms. The van der Waals surface area contributed by atoms with Crippen molar-refractivity contribution in [2.45, 2.75) is 13.3 Å². The molecule has 0 radical (unpaired) electrons. The largest absolute Gasteiger partial charge is 0.505 e. The van der Waals surface area contributed by atoms with Gasteiger partial charge in [-0.3, -0.25) is 14.2 Å². The second-order valence-electron chi connectivity index (χ2n) is 5.42. The highest BCUT2D eigenvalue weighted by Gasteiger charge is 2.23. The van der Waals surface area contributed by atoms with E-state index < -0.39 is 23.4 Å². The number of methoxy groups -OCH3 is 1. The zero-order valence-corrected chi connectivity index (χ0v) is 14.2. The number of ether oxygens (including phenoxy) is 1. The van der Waals surface area contributed by atoms with Gasteiger partial charge in [0.25, 0.3) is 5.91 Å². The van der Waals surface area contributed by atoms with Gasteiger partial charge in [0.15, 0.2) is 16.6 Å². The topological polar surface area (TPSA) is 88.8 Å². The minimum absolute atomic E-state index is 0.210. The highest BCUT2D eigenvalue weighted by atomic mass is 32.1. The molecule has 0 aliphatic rings. The van der Waals surface area contributed by atoms with Crippen molar-refractivity contribution >= 4 is 34.1 Å². The van der Waals surface area contributed by atoms with E-state index in [2.05, 4.69) is 0 Å². The summed E-state index contributed by atoms with van der Waals surface area (Å²) in [6, 6.07) is 5.41. The third-order valence-electron chi connectivity index (χ3n) is 3.93. The van der Waals surface area contributed by atoms with E-state index in [1.807, 2.05) is 0 Å². The summed E-state index contributed by atoms with van der Waals surface area (Å²) in [5.74, 6) is -2.99. The van der Waals surface area contributed by atoms with Crippen LogP contribution in [0.2, 0.25) is 0 Å². The van der Waals surface area contributed by atoms with Crippen molar-refractivity contribution < 1.29 is 28.9 Å². The van der Waals surface area contributed by atoms with Crippen LogP contribution in [0.15, 0.2) is 24.3 Å². The molecule has 130 valence electrons. The normalized spacial score (nSPS) is 11.0. The summed E-state index contributed by atoms with van der Waals surface area (Å²) in [4.78, 5) is 24.4. The Balaban J connectivity index is 2.26. The summed E-state index contributed by atoms with van der Waals surface area (Å²) < 4.78 is 20.2. The van der Waals surface area contributed by atoms with Crippen LogP contribution in [0.25, 0.3) is 10.9 Å². The molecule has 1 aromatic carbocycles. The van der Waals surface area contributed by atoms with Crippen LogP contribution in [0.1, 0.15) is 20.9 Å².